The van der Waals surface area contributed by atoms with E-state index >= 15 is 0 Å². The first kappa shape index (κ1) is 12.8. The Bertz CT molecular complexity index is 570. The van der Waals surface area contributed by atoms with E-state index < -0.39 is 11.6 Å². The van der Waals surface area contributed by atoms with Crippen molar-refractivity contribution in [2.75, 3.05) is 0 Å². The van der Waals surface area contributed by atoms with E-state index in [1.165, 1.54) is 18.2 Å². The lowest BCUT2D eigenvalue weighted by atomic mass is 10.2. The summed E-state index contributed by atoms with van der Waals surface area (Å²) in [6.45, 7) is 1.82. The van der Waals surface area contributed by atoms with Gasteiger partial charge in [-0.1, -0.05) is 6.07 Å². The molecule has 0 atom stereocenters. The van der Waals surface area contributed by atoms with Crippen LogP contribution in [-0.2, 0) is 5.88 Å². The Morgan fingerprint density at radius 3 is 2.61 bits per heavy atom. The molecule has 1 nitrogen and oxygen atoms in total. The summed E-state index contributed by atoms with van der Waals surface area (Å²) >= 11 is 5.63. The van der Waals surface area contributed by atoms with Gasteiger partial charge in [0.25, 0.3) is 0 Å². The molecule has 94 valence electrons. The van der Waals surface area contributed by atoms with Crippen LogP contribution in [0, 0.1) is 18.6 Å². The Balaban J connectivity index is 2.33. The van der Waals surface area contributed by atoms with Gasteiger partial charge in [-0.25, -0.2) is 8.78 Å². The highest BCUT2D eigenvalue weighted by atomic mass is 35.5. The van der Waals surface area contributed by atoms with Crippen LogP contribution in [0.1, 0.15) is 11.1 Å². The van der Waals surface area contributed by atoms with Crippen LogP contribution in [0.25, 0.3) is 0 Å². The number of rotatable bonds is 3. The maximum absolute atomic E-state index is 13.5. The summed E-state index contributed by atoms with van der Waals surface area (Å²) in [5, 5.41) is 0. The summed E-state index contributed by atoms with van der Waals surface area (Å²) < 4.78 is 32.1. The van der Waals surface area contributed by atoms with E-state index in [1.807, 2.05) is 6.92 Å². The van der Waals surface area contributed by atoms with Gasteiger partial charge in [0.2, 0.25) is 0 Å². The van der Waals surface area contributed by atoms with Crippen LogP contribution < -0.4 is 4.74 Å². The smallest absolute Gasteiger partial charge is 0.165 e. The zero-order valence-electron chi connectivity index (χ0n) is 9.71. The SMILES string of the molecule is Cc1ccc(F)c(Oc2cc(F)cc(CCl)c2)c1. The summed E-state index contributed by atoms with van der Waals surface area (Å²) in [6, 6.07) is 8.59. The summed E-state index contributed by atoms with van der Waals surface area (Å²) in [6.07, 6.45) is 0. The van der Waals surface area contributed by atoms with Gasteiger partial charge in [0, 0.05) is 11.9 Å². The van der Waals surface area contributed by atoms with Crippen LogP contribution in [0.2, 0.25) is 0 Å². The van der Waals surface area contributed by atoms with E-state index in [1.54, 1.807) is 18.2 Å². The molecule has 0 aliphatic heterocycles. The normalized spacial score (nSPS) is 10.4. The number of ether oxygens (including phenoxy) is 1. The maximum Gasteiger partial charge on any atom is 0.165 e. The fourth-order valence-electron chi connectivity index (χ4n) is 1.57. The van der Waals surface area contributed by atoms with Gasteiger partial charge >= 0.3 is 0 Å². The van der Waals surface area contributed by atoms with Gasteiger partial charge in [0.15, 0.2) is 11.6 Å². The zero-order valence-corrected chi connectivity index (χ0v) is 10.5. The largest absolute Gasteiger partial charge is 0.454 e. The highest BCUT2D eigenvalue weighted by Gasteiger charge is 2.07. The Labute approximate surface area is 109 Å². The van der Waals surface area contributed by atoms with E-state index in [-0.39, 0.29) is 17.4 Å². The van der Waals surface area contributed by atoms with Gasteiger partial charge < -0.3 is 4.74 Å². The third kappa shape index (κ3) is 2.99. The molecule has 0 fully saturated rings. The van der Waals surface area contributed by atoms with Crippen molar-refractivity contribution < 1.29 is 13.5 Å². The minimum atomic E-state index is -0.489. The highest BCUT2D eigenvalue weighted by molar-refractivity contribution is 6.17. The van der Waals surface area contributed by atoms with Gasteiger partial charge in [-0.15, -0.1) is 11.6 Å². The van der Waals surface area contributed by atoms with Gasteiger partial charge in [-0.3, -0.25) is 0 Å². The fraction of sp³-hybridized carbons (Fsp3) is 0.143. The molecule has 0 aromatic heterocycles. The summed E-state index contributed by atoms with van der Waals surface area (Å²) in [4.78, 5) is 0. The standard InChI is InChI=1S/C14H11ClF2O/c1-9-2-3-13(17)14(4-9)18-12-6-10(8-15)5-11(16)7-12/h2-7H,8H2,1H3. The molecule has 0 spiro atoms. The highest BCUT2D eigenvalue weighted by Crippen LogP contribution is 2.27. The molecular formula is C14H11ClF2O. The van der Waals surface area contributed by atoms with E-state index in [9.17, 15) is 8.78 Å². The molecule has 0 heterocycles. The van der Waals surface area contributed by atoms with Crippen LogP contribution in [0.15, 0.2) is 36.4 Å². The molecule has 0 amide bonds. The second-order valence-electron chi connectivity index (χ2n) is 3.96. The molecule has 0 saturated carbocycles. The average Bonchev–Trinajstić information content (AvgIpc) is 2.33. The lowest BCUT2D eigenvalue weighted by Gasteiger charge is -2.09. The van der Waals surface area contributed by atoms with Crippen molar-refractivity contribution in [2.24, 2.45) is 0 Å². The third-order valence-electron chi connectivity index (χ3n) is 2.40. The zero-order chi connectivity index (χ0) is 13.1. The molecule has 0 N–H and O–H groups in total. The molecular weight excluding hydrogens is 258 g/mol. The van der Waals surface area contributed by atoms with E-state index in [0.717, 1.165) is 5.56 Å². The number of halogens is 3. The van der Waals surface area contributed by atoms with E-state index in [0.29, 0.717) is 5.56 Å². The minimum absolute atomic E-state index is 0.0705. The fourth-order valence-corrected chi connectivity index (χ4v) is 1.73. The molecule has 2 rings (SSSR count). The maximum atomic E-state index is 13.5. The first-order valence-corrected chi connectivity index (χ1v) is 5.91. The van der Waals surface area contributed by atoms with Gasteiger partial charge in [0.05, 0.1) is 0 Å². The van der Waals surface area contributed by atoms with E-state index in [2.05, 4.69) is 0 Å². The second-order valence-corrected chi connectivity index (χ2v) is 4.23. The lowest BCUT2D eigenvalue weighted by Crippen LogP contribution is -1.91. The Morgan fingerprint density at radius 2 is 1.89 bits per heavy atom. The predicted molar refractivity (Wildman–Crippen MR) is 67.2 cm³/mol. The van der Waals surface area contributed by atoms with Crippen LogP contribution >= 0.6 is 11.6 Å². The van der Waals surface area contributed by atoms with Crippen LogP contribution in [0.4, 0.5) is 8.78 Å². The van der Waals surface area contributed by atoms with Crippen LogP contribution in [0.3, 0.4) is 0 Å². The third-order valence-corrected chi connectivity index (χ3v) is 2.71. The molecule has 0 unspecified atom stereocenters. The summed E-state index contributed by atoms with van der Waals surface area (Å²) in [5.41, 5.74) is 1.44. The van der Waals surface area contributed by atoms with Crippen molar-refractivity contribution >= 4 is 11.6 Å². The van der Waals surface area contributed by atoms with Crippen molar-refractivity contribution in [1.82, 2.24) is 0 Å². The van der Waals surface area contributed by atoms with Gasteiger partial charge in [-0.05, 0) is 42.3 Å². The number of hydrogen-bond donors (Lipinski definition) is 0. The number of benzene rings is 2. The first-order chi connectivity index (χ1) is 8.58. The van der Waals surface area contributed by atoms with Gasteiger partial charge in [0.1, 0.15) is 11.6 Å². The van der Waals surface area contributed by atoms with Crippen molar-refractivity contribution in [1.29, 1.82) is 0 Å². The predicted octanol–water partition coefficient (Wildman–Crippen LogP) is 4.80. The molecule has 18 heavy (non-hydrogen) atoms. The first-order valence-electron chi connectivity index (χ1n) is 5.38. The Hall–Kier alpha value is -1.61. The molecule has 2 aromatic carbocycles. The molecule has 0 aliphatic rings. The topological polar surface area (TPSA) is 9.23 Å². The summed E-state index contributed by atoms with van der Waals surface area (Å²) in [5.74, 6) is -0.477. The van der Waals surface area contributed by atoms with E-state index in [4.69, 9.17) is 16.3 Å². The lowest BCUT2D eigenvalue weighted by molar-refractivity contribution is 0.438. The molecule has 0 bridgehead atoms. The number of hydrogen-bond acceptors (Lipinski definition) is 1. The van der Waals surface area contributed by atoms with Gasteiger partial charge in [-0.2, -0.15) is 0 Å². The molecule has 0 saturated heterocycles. The Kier molecular flexibility index (Phi) is 3.82. The summed E-state index contributed by atoms with van der Waals surface area (Å²) in [7, 11) is 0. The molecule has 0 radical (unpaired) electrons. The number of alkyl halides is 1. The van der Waals surface area contributed by atoms with Crippen LogP contribution in [-0.4, -0.2) is 0 Å². The van der Waals surface area contributed by atoms with Crippen LogP contribution in [0.5, 0.6) is 11.5 Å². The monoisotopic (exact) mass is 268 g/mol. The van der Waals surface area contributed by atoms with Crippen molar-refractivity contribution in [3.05, 3.63) is 59.2 Å². The average molecular weight is 269 g/mol. The number of aryl methyl sites for hydroxylation is 1. The second kappa shape index (κ2) is 5.36. The quantitative estimate of drug-likeness (QED) is 0.726. The molecule has 2 aromatic rings. The Morgan fingerprint density at radius 1 is 1.11 bits per heavy atom. The molecule has 0 aliphatic carbocycles. The van der Waals surface area contributed by atoms with Crippen molar-refractivity contribution in [2.45, 2.75) is 12.8 Å². The van der Waals surface area contributed by atoms with Crippen molar-refractivity contribution in [3.63, 3.8) is 0 Å². The molecule has 4 heteroatoms. The van der Waals surface area contributed by atoms with Crippen molar-refractivity contribution in [3.8, 4) is 11.5 Å². The minimum Gasteiger partial charge on any atom is -0.454 e.